The Balaban J connectivity index is -0.000000122. The summed E-state index contributed by atoms with van der Waals surface area (Å²) in [6.07, 6.45) is -1.48. The Kier molecular flexibility index (Phi) is 43.6. The van der Waals surface area contributed by atoms with Crippen LogP contribution in [-0.4, -0.2) is 137 Å². The first-order chi connectivity index (χ1) is 16.9. The van der Waals surface area contributed by atoms with Gasteiger partial charge in [0.05, 0.1) is 50.8 Å². The molecule has 0 heterocycles. The largest absolute Gasteiger partial charge is 0.394 e. The summed E-state index contributed by atoms with van der Waals surface area (Å²) in [7, 11) is 0. The standard InChI is InChI=1S/4C6H14O3.Ti/c4*1-2-3-5(8)6(9)4-7;/h4*5-9H,2-4H2,1H3;. The van der Waals surface area contributed by atoms with Gasteiger partial charge in [-0.1, -0.05) is 53.4 Å². The van der Waals surface area contributed by atoms with Gasteiger partial charge in [0.15, 0.2) is 0 Å². The van der Waals surface area contributed by atoms with Gasteiger partial charge in [0, 0.05) is 21.7 Å². The van der Waals surface area contributed by atoms with Crippen LogP contribution in [0.3, 0.4) is 0 Å². The van der Waals surface area contributed by atoms with Crippen LogP contribution in [0.15, 0.2) is 0 Å². The summed E-state index contributed by atoms with van der Waals surface area (Å²) in [5, 5.41) is 104. The molecule has 12 nitrogen and oxygen atoms in total. The van der Waals surface area contributed by atoms with Crippen molar-refractivity contribution in [2.75, 3.05) is 26.4 Å². The minimum atomic E-state index is -0.968. The average Bonchev–Trinajstić information content (AvgIpc) is 2.88. The first-order valence-corrected chi connectivity index (χ1v) is 12.8. The molecule has 0 saturated carbocycles. The van der Waals surface area contributed by atoms with E-state index in [0.717, 1.165) is 25.7 Å². The third kappa shape index (κ3) is 32.3. The minimum absolute atomic E-state index is 0. The molecule has 0 rings (SSSR count). The fourth-order valence-corrected chi connectivity index (χ4v) is 2.44. The molecule has 0 spiro atoms. The smallest absolute Gasteiger partial charge is 0.103 e. The van der Waals surface area contributed by atoms with Gasteiger partial charge in [-0.25, -0.2) is 0 Å². The maximum Gasteiger partial charge on any atom is 0.103 e. The van der Waals surface area contributed by atoms with E-state index in [1.807, 2.05) is 27.7 Å². The second-order valence-electron chi connectivity index (χ2n) is 8.42. The summed E-state index contributed by atoms with van der Waals surface area (Å²) < 4.78 is 0. The van der Waals surface area contributed by atoms with Gasteiger partial charge >= 0.3 is 0 Å². The zero-order valence-electron chi connectivity index (χ0n) is 23.0. The Morgan fingerprint density at radius 1 is 0.324 bits per heavy atom. The van der Waals surface area contributed by atoms with Crippen LogP contribution in [0, 0.1) is 0 Å². The number of hydrogen-bond donors (Lipinski definition) is 12. The van der Waals surface area contributed by atoms with Crippen LogP contribution < -0.4 is 0 Å². The molecule has 228 valence electrons. The van der Waals surface area contributed by atoms with Crippen LogP contribution >= 0.6 is 0 Å². The summed E-state index contributed by atoms with van der Waals surface area (Å²) in [6, 6.07) is 0. The summed E-state index contributed by atoms with van der Waals surface area (Å²) in [4.78, 5) is 0. The molecule has 0 bridgehead atoms. The zero-order valence-corrected chi connectivity index (χ0v) is 24.5. The molecule has 0 aromatic rings. The molecule has 12 N–H and O–H groups in total. The second-order valence-corrected chi connectivity index (χ2v) is 8.42. The predicted octanol–water partition coefficient (Wildman–Crippen LogP) is -2.00. The maximum absolute atomic E-state index is 8.91. The molecule has 37 heavy (non-hydrogen) atoms. The maximum atomic E-state index is 8.91. The zero-order chi connectivity index (χ0) is 29.1. The average molecular weight is 585 g/mol. The van der Waals surface area contributed by atoms with Gasteiger partial charge in [0.25, 0.3) is 0 Å². The quantitative estimate of drug-likeness (QED) is 0.0882. The van der Waals surface area contributed by atoms with Crippen molar-refractivity contribution in [1.29, 1.82) is 0 Å². The fourth-order valence-electron chi connectivity index (χ4n) is 2.44. The molecule has 0 aliphatic heterocycles. The molecule has 0 fully saturated rings. The van der Waals surface area contributed by atoms with Crippen LogP contribution in [-0.2, 0) is 21.7 Å². The van der Waals surface area contributed by atoms with Crippen molar-refractivity contribution < 1.29 is 83.0 Å². The Morgan fingerprint density at radius 2 is 0.459 bits per heavy atom. The fraction of sp³-hybridized carbons (Fsp3) is 1.00. The molecule has 0 aliphatic carbocycles. The molecule has 0 aliphatic rings. The first kappa shape index (κ1) is 47.0. The third-order valence-corrected chi connectivity index (χ3v) is 4.86. The summed E-state index contributed by atoms with van der Waals surface area (Å²) >= 11 is 0. The van der Waals surface area contributed by atoms with Gasteiger partial charge in [-0.3, -0.25) is 0 Å². The van der Waals surface area contributed by atoms with Crippen LogP contribution in [0.5, 0.6) is 0 Å². The topological polar surface area (TPSA) is 243 Å². The minimum Gasteiger partial charge on any atom is -0.394 e. The number of aliphatic hydroxyl groups is 12. The Morgan fingerprint density at radius 3 is 0.541 bits per heavy atom. The number of rotatable bonds is 16. The van der Waals surface area contributed by atoms with E-state index in [4.69, 9.17) is 61.3 Å². The molecular formula is C24H56O12Ti. The molecule has 8 atom stereocenters. The van der Waals surface area contributed by atoms with Crippen molar-refractivity contribution in [3.8, 4) is 0 Å². The normalized spacial score (nSPS) is 16.9. The van der Waals surface area contributed by atoms with Gasteiger partial charge in [-0.15, -0.1) is 0 Å². The van der Waals surface area contributed by atoms with E-state index in [-0.39, 0.29) is 48.1 Å². The second kappa shape index (κ2) is 34.3. The predicted molar refractivity (Wildman–Crippen MR) is 136 cm³/mol. The SMILES string of the molecule is CCCC(O)C(O)CO.CCCC(O)C(O)CO.CCCC(O)C(O)CO.CCCC(O)C(O)CO.[Ti]. The number of hydrogen-bond acceptors (Lipinski definition) is 12. The van der Waals surface area contributed by atoms with Crippen molar-refractivity contribution in [1.82, 2.24) is 0 Å². The van der Waals surface area contributed by atoms with Crippen molar-refractivity contribution in [3.05, 3.63) is 0 Å². The summed E-state index contributed by atoms with van der Waals surface area (Å²) in [5.41, 5.74) is 0. The Labute approximate surface area is 237 Å². The molecule has 0 amide bonds. The van der Waals surface area contributed by atoms with Crippen LogP contribution in [0.2, 0.25) is 0 Å². The molecule has 8 unspecified atom stereocenters. The van der Waals surface area contributed by atoms with Gasteiger partial charge < -0.3 is 61.3 Å². The first-order valence-electron chi connectivity index (χ1n) is 12.8. The van der Waals surface area contributed by atoms with Crippen LogP contribution in [0.25, 0.3) is 0 Å². The van der Waals surface area contributed by atoms with Gasteiger partial charge in [0.2, 0.25) is 0 Å². The summed E-state index contributed by atoms with van der Waals surface area (Å²) in [6.45, 7) is 6.20. The van der Waals surface area contributed by atoms with Crippen LogP contribution in [0.4, 0.5) is 0 Å². The Hall–Kier alpha value is 0.234. The van der Waals surface area contributed by atoms with Crippen molar-refractivity contribution >= 4 is 0 Å². The van der Waals surface area contributed by atoms with E-state index >= 15 is 0 Å². The van der Waals surface area contributed by atoms with E-state index < -0.39 is 48.8 Å². The van der Waals surface area contributed by atoms with Crippen molar-refractivity contribution in [2.24, 2.45) is 0 Å². The molecular weight excluding hydrogens is 528 g/mol. The van der Waals surface area contributed by atoms with Gasteiger partial charge in [-0.05, 0) is 25.7 Å². The molecule has 0 radical (unpaired) electrons. The molecule has 0 saturated heterocycles. The number of aliphatic hydroxyl groups excluding tert-OH is 12. The van der Waals surface area contributed by atoms with Crippen molar-refractivity contribution in [3.63, 3.8) is 0 Å². The molecule has 13 heteroatoms. The third-order valence-electron chi connectivity index (χ3n) is 4.86. The van der Waals surface area contributed by atoms with Crippen LogP contribution in [0.1, 0.15) is 79.1 Å². The van der Waals surface area contributed by atoms with Gasteiger partial charge in [-0.2, -0.15) is 0 Å². The van der Waals surface area contributed by atoms with E-state index in [1.54, 1.807) is 0 Å². The Bertz CT molecular complexity index is 340. The van der Waals surface area contributed by atoms with E-state index in [0.29, 0.717) is 25.7 Å². The summed E-state index contributed by atoms with van der Waals surface area (Å²) in [5.74, 6) is 0. The molecule has 0 aromatic heterocycles. The van der Waals surface area contributed by atoms with Crippen molar-refractivity contribution in [2.45, 2.75) is 128 Å². The monoisotopic (exact) mass is 584 g/mol. The van der Waals surface area contributed by atoms with E-state index in [2.05, 4.69) is 0 Å². The van der Waals surface area contributed by atoms with Gasteiger partial charge in [0.1, 0.15) is 24.4 Å². The van der Waals surface area contributed by atoms with E-state index in [9.17, 15) is 0 Å². The molecule has 0 aromatic carbocycles. The van der Waals surface area contributed by atoms with E-state index in [1.165, 1.54) is 0 Å².